The third-order valence-electron chi connectivity index (χ3n) is 4.79. The van der Waals surface area contributed by atoms with Gasteiger partial charge < -0.3 is 29.0 Å². The topological polar surface area (TPSA) is 77.5 Å². The minimum Gasteiger partial charge on any atom is -0.504 e. The molecule has 0 atom stereocenters. The zero-order valence-electron chi connectivity index (χ0n) is 16.3. The molecule has 0 saturated heterocycles. The van der Waals surface area contributed by atoms with E-state index >= 15 is 0 Å². The average molecular weight is 385 g/mol. The minimum atomic E-state index is -0.0622. The van der Waals surface area contributed by atoms with Crippen LogP contribution in [0.4, 0.5) is 0 Å². The van der Waals surface area contributed by atoms with Gasteiger partial charge in [0.05, 0.1) is 34.1 Å². The van der Waals surface area contributed by atoms with Crippen LogP contribution in [0.25, 0.3) is 11.8 Å². The molecule has 148 valence electrons. The number of hydrogen-bond donors (Lipinski definition) is 1. The van der Waals surface area contributed by atoms with E-state index in [4.69, 9.17) is 18.9 Å². The largest absolute Gasteiger partial charge is 0.504 e. The highest BCUT2D eigenvalue weighted by Crippen LogP contribution is 2.42. The van der Waals surface area contributed by atoms with E-state index in [2.05, 4.69) is 0 Å². The highest BCUT2D eigenvalue weighted by molar-refractivity contribution is 5.90. The van der Waals surface area contributed by atoms with Crippen molar-refractivity contribution >= 4 is 18.2 Å². The van der Waals surface area contributed by atoms with Gasteiger partial charge in [0.1, 0.15) is 0 Å². The summed E-state index contributed by atoms with van der Waals surface area (Å²) < 4.78 is 21.3. The first-order chi connectivity index (χ1) is 13.6. The first kappa shape index (κ1) is 19.4. The van der Waals surface area contributed by atoms with E-state index in [1.807, 2.05) is 12.1 Å². The van der Waals surface area contributed by atoms with Gasteiger partial charge in [0.15, 0.2) is 23.0 Å². The van der Waals surface area contributed by atoms with Crippen LogP contribution in [0.5, 0.6) is 28.7 Å². The second-order valence-electron chi connectivity index (χ2n) is 6.18. The molecule has 2 aromatic rings. The van der Waals surface area contributed by atoms with E-state index in [0.29, 0.717) is 41.5 Å². The fraction of sp³-hybridized carbons (Fsp3) is 0.286. The maximum Gasteiger partial charge on any atom is 0.214 e. The Morgan fingerprint density at radius 2 is 1.64 bits per heavy atom. The van der Waals surface area contributed by atoms with Crippen molar-refractivity contribution in [2.75, 3.05) is 35.0 Å². The van der Waals surface area contributed by atoms with Crippen LogP contribution in [0.15, 0.2) is 24.3 Å². The van der Waals surface area contributed by atoms with Gasteiger partial charge in [0.2, 0.25) is 12.2 Å². The summed E-state index contributed by atoms with van der Waals surface area (Å²) in [5.41, 5.74) is 3.02. The third kappa shape index (κ3) is 3.31. The van der Waals surface area contributed by atoms with Gasteiger partial charge in [-0.3, -0.25) is 4.79 Å². The first-order valence-electron chi connectivity index (χ1n) is 8.70. The molecule has 0 aromatic heterocycles. The SMILES string of the molecule is COc1cc2c(cc1OC)C(=Cc1ccc(OC)c(OC)c1O)N(C=O)CC2. The van der Waals surface area contributed by atoms with Gasteiger partial charge in [-0.05, 0) is 42.3 Å². The van der Waals surface area contributed by atoms with E-state index in [1.54, 1.807) is 37.3 Å². The van der Waals surface area contributed by atoms with Crippen LogP contribution in [-0.4, -0.2) is 51.4 Å². The van der Waals surface area contributed by atoms with Crippen LogP contribution in [-0.2, 0) is 11.2 Å². The lowest BCUT2D eigenvalue weighted by Crippen LogP contribution is -2.28. The Morgan fingerprint density at radius 1 is 0.964 bits per heavy atom. The predicted octanol–water partition coefficient (Wildman–Crippen LogP) is 2.94. The molecule has 7 nitrogen and oxygen atoms in total. The van der Waals surface area contributed by atoms with Crippen molar-refractivity contribution in [2.24, 2.45) is 0 Å². The zero-order chi connectivity index (χ0) is 20.3. The maximum absolute atomic E-state index is 11.7. The number of carbonyl (C=O) groups is 1. The molecule has 1 heterocycles. The molecular formula is C21H23NO6. The minimum absolute atomic E-state index is 0.0622. The number of carbonyl (C=O) groups excluding carboxylic acids is 1. The second-order valence-corrected chi connectivity index (χ2v) is 6.18. The molecule has 1 N–H and O–H groups in total. The lowest BCUT2D eigenvalue weighted by molar-refractivity contribution is -0.115. The van der Waals surface area contributed by atoms with Gasteiger partial charge in [0.25, 0.3) is 0 Å². The lowest BCUT2D eigenvalue weighted by atomic mass is 9.94. The number of aromatic hydroxyl groups is 1. The number of benzene rings is 2. The van der Waals surface area contributed by atoms with Crippen molar-refractivity contribution in [3.8, 4) is 28.7 Å². The molecule has 0 aliphatic carbocycles. The van der Waals surface area contributed by atoms with Crippen LogP contribution in [0.1, 0.15) is 16.7 Å². The van der Waals surface area contributed by atoms with Gasteiger partial charge in [-0.15, -0.1) is 0 Å². The Balaban J connectivity index is 2.19. The van der Waals surface area contributed by atoms with Gasteiger partial charge in [-0.25, -0.2) is 0 Å². The fourth-order valence-corrected chi connectivity index (χ4v) is 3.34. The summed E-state index contributed by atoms with van der Waals surface area (Å²) in [6.07, 6.45) is 3.21. The van der Waals surface area contributed by atoms with E-state index in [1.165, 1.54) is 14.2 Å². The highest BCUT2D eigenvalue weighted by Gasteiger charge is 2.24. The quantitative estimate of drug-likeness (QED) is 0.771. The number of amides is 1. The second kappa shape index (κ2) is 8.12. The molecule has 0 spiro atoms. The van der Waals surface area contributed by atoms with Crippen LogP contribution in [0.2, 0.25) is 0 Å². The molecule has 0 radical (unpaired) electrons. The molecule has 0 saturated carbocycles. The van der Waals surface area contributed by atoms with Gasteiger partial charge in [-0.2, -0.15) is 0 Å². The Kier molecular flexibility index (Phi) is 5.63. The van der Waals surface area contributed by atoms with Crippen molar-refractivity contribution in [1.82, 2.24) is 4.90 Å². The molecule has 0 bridgehead atoms. The molecule has 0 fully saturated rings. The Bertz CT molecular complexity index is 922. The summed E-state index contributed by atoms with van der Waals surface area (Å²) in [5, 5.41) is 10.6. The van der Waals surface area contributed by atoms with Crippen molar-refractivity contribution in [1.29, 1.82) is 0 Å². The van der Waals surface area contributed by atoms with Gasteiger partial charge >= 0.3 is 0 Å². The number of fused-ring (bicyclic) bond motifs is 1. The summed E-state index contributed by atoms with van der Waals surface area (Å²) in [7, 11) is 6.11. The van der Waals surface area contributed by atoms with Crippen LogP contribution in [0.3, 0.4) is 0 Å². The number of hydrogen-bond acceptors (Lipinski definition) is 6. The number of rotatable bonds is 6. The molecule has 7 heteroatoms. The summed E-state index contributed by atoms with van der Waals surface area (Å²) in [6.45, 7) is 0.520. The Hall–Kier alpha value is -3.35. The fourth-order valence-electron chi connectivity index (χ4n) is 3.34. The highest BCUT2D eigenvalue weighted by atomic mass is 16.5. The normalized spacial score (nSPS) is 14.4. The van der Waals surface area contributed by atoms with E-state index in [-0.39, 0.29) is 11.5 Å². The number of methoxy groups -OCH3 is 4. The van der Waals surface area contributed by atoms with E-state index in [0.717, 1.165) is 17.5 Å². The average Bonchev–Trinajstić information content (AvgIpc) is 2.73. The third-order valence-corrected chi connectivity index (χ3v) is 4.79. The number of phenols is 1. The Labute approximate surface area is 163 Å². The summed E-state index contributed by atoms with van der Waals surface area (Å²) in [6, 6.07) is 7.17. The zero-order valence-corrected chi connectivity index (χ0v) is 16.3. The standard InChI is InChI=1S/C21H23NO6/c1-25-17-6-5-14(20(24)21(17)28-4)9-16-15-11-19(27-3)18(26-2)10-13(15)7-8-22(16)12-23/h5-6,9-12,24H,7-8H2,1-4H3. The maximum atomic E-state index is 11.7. The number of phenolic OH excluding ortho intramolecular Hbond substituents is 1. The van der Waals surface area contributed by atoms with Gasteiger partial charge in [-0.1, -0.05) is 0 Å². The summed E-state index contributed by atoms with van der Waals surface area (Å²) in [4.78, 5) is 13.3. The van der Waals surface area contributed by atoms with Crippen LogP contribution < -0.4 is 18.9 Å². The molecular weight excluding hydrogens is 362 g/mol. The summed E-state index contributed by atoms with van der Waals surface area (Å²) in [5.74, 6) is 1.79. The molecule has 1 aliphatic rings. The summed E-state index contributed by atoms with van der Waals surface area (Å²) >= 11 is 0. The van der Waals surface area contributed by atoms with Crippen molar-refractivity contribution in [2.45, 2.75) is 6.42 Å². The molecule has 2 aromatic carbocycles. The first-order valence-corrected chi connectivity index (χ1v) is 8.70. The predicted molar refractivity (Wildman–Crippen MR) is 105 cm³/mol. The van der Waals surface area contributed by atoms with E-state index < -0.39 is 0 Å². The molecule has 1 aliphatic heterocycles. The van der Waals surface area contributed by atoms with Crippen molar-refractivity contribution in [3.63, 3.8) is 0 Å². The molecule has 3 rings (SSSR count). The van der Waals surface area contributed by atoms with Crippen LogP contribution in [0, 0.1) is 0 Å². The van der Waals surface area contributed by atoms with Gasteiger partial charge in [0, 0.05) is 17.7 Å². The van der Waals surface area contributed by atoms with E-state index in [9.17, 15) is 9.90 Å². The van der Waals surface area contributed by atoms with Crippen LogP contribution >= 0.6 is 0 Å². The van der Waals surface area contributed by atoms with Crippen molar-refractivity contribution < 1.29 is 28.8 Å². The number of nitrogens with zero attached hydrogens (tertiary/aromatic N) is 1. The van der Waals surface area contributed by atoms with Crippen molar-refractivity contribution in [3.05, 3.63) is 41.0 Å². The molecule has 0 unspecified atom stereocenters. The lowest BCUT2D eigenvalue weighted by Gasteiger charge is -2.29. The monoisotopic (exact) mass is 385 g/mol. The number of ether oxygens (including phenoxy) is 4. The smallest absolute Gasteiger partial charge is 0.214 e. The molecule has 1 amide bonds. The molecule has 28 heavy (non-hydrogen) atoms. The Morgan fingerprint density at radius 3 is 2.25 bits per heavy atom.